The zero-order valence-electron chi connectivity index (χ0n) is 12.7. The van der Waals surface area contributed by atoms with Crippen LogP contribution in [-0.2, 0) is 6.54 Å². The Morgan fingerprint density at radius 1 is 1.43 bits per heavy atom. The molecule has 0 saturated heterocycles. The van der Waals surface area contributed by atoms with Gasteiger partial charge >= 0.3 is 0 Å². The molecule has 0 spiro atoms. The van der Waals surface area contributed by atoms with Crippen molar-refractivity contribution >= 4 is 0 Å². The summed E-state index contributed by atoms with van der Waals surface area (Å²) in [5.74, 6) is 1.48. The van der Waals surface area contributed by atoms with Crippen LogP contribution in [0.2, 0.25) is 0 Å². The quantitative estimate of drug-likeness (QED) is 0.938. The Morgan fingerprint density at radius 3 is 3.05 bits per heavy atom. The molecule has 0 radical (unpaired) electrons. The van der Waals surface area contributed by atoms with Crippen molar-refractivity contribution in [2.75, 3.05) is 6.61 Å². The first-order valence-corrected chi connectivity index (χ1v) is 7.70. The molecule has 112 valence electrons. The third-order valence-corrected chi connectivity index (χ3v) is 4.23. The molecule has 4 heteroatoms. The Balaban J connectivity index is 1.81. The predicted molar refractivity (Wildman–Crippen MR) is 83.5 cm³/mol. The van der Waals surface area contributed by atoms with Crippen molar-refractivity contribution in [2.24, 2.45) is 5.73 Å². The molecule has 21 heavy (non-hydrogen) atoms. The van der Waals surface area contributed by atoms with Crippen molar-refractivity contribution in [1.29, 1.82) is 0 Å². The lowest BCUT2D eigenvalue weighted by Gasteiger charge is -2.28. The van der Waals surface area contributed by atoms with Crippen LogP contribution >= 0.6 is 0 Å². The summed E-state index contributed by atoms with van der Waals surface area (Å²) in [6, 6.07) is 10.4. The van der Waals surface area contributed by atoms with Crippen LogP contribution in [-0.4, -0.2) is 16.4 Å². The minimum Gasteiger partial charge on any atom is -0.493 e. The van der Waals surface area contributed by atoms with Crippen molar-refractivity contribution in [2.45, 2.75) is 45.2 Å². The molecule has 2 heterocycles. The van der Waals surface area contributed by atoms with E-state index < -0.39 is 0 Å². The van der Waals surface area contributed by atoms with Gasteiger partial charge < -0.3 is 10.5 Å². The highest BCUT2D eigenvalue weighted by Crippen LogP contribution is 2.38. The highest BCUT2D eigenvalue weighted by atomic mass is 16.5. The second kappa shape index (κ2) is 5.90. The number of hydrogen-bond acceptors (Lipinski definition) is 3. The molecule has 2 unspecified atom stereocenters. The zero-order valence-corrected chi connectivity index (χ0v) is 12.7. The second-order valence-corrected chi connectivity index (χ2v) is 5.74. The van der Waals surface area contributed by atoms with E-state index in [9.17, 15) is 0 Å². The Morgan fingerprint density at radius 2 is 2.24 bits per heavy atom. The molecule has 3 rings (SSSR count). The van der Waals surface area contributed by atoms with E-state index in [1.807, 2.05) is 23.7 Å². The number of aromatic nitrogens is 2. The summed E-state index contributed by atoms with van der Waals surface area (Å²) >= 11 is 0. The smallest absolute Gasteiger partial charge is 0.122 e. The van der Waals surface area contributed by atoms with Gasteiger partial charge in [-0.1, -0.05) is 18.2 Å². The average molecular weight is 285 g/mol. The molecule has 0 saturated carbocycles. The molecule has 4 nitrogen and oxygen atoms in total. The van der Waals surface area contributed by atoms with Crippen LogP contribution in [0.5, 0.6) is 5.75 Å². The number of nitrogens with two attached hydrogens (primary N) is 1. The van der Waals surface area contributed by atoms with E-state index in [4.69, 9.17) is 10.5 Å². The number of aryl methyl sites for hydroxylation is 2. The van der Waals surface area contributed by atoms with Crippen LogP contribution in [0, 0.1) is 6.92 Å². The molecule has 1 aliphatic rings. The second-order valence-electron chi connectivity index (χ2n) is 5.74. The zero-order chi connectivity index (χ0) is 14.8. The van der Waals surface area contributed by atoms with Crippen LogP contribution in [0.3, 0.4) is 0 Å². The summed E-state index contributed by atoms with van der Waals surface area (Å²) in [6.07, 6.45) is 1.97. The molecule has 0 amide bonds. The van der Waals surface area contributed by atoms with E-state index in [0.717, 1.165) is 43.1 Å². The van der Waals surface area contributed by atoms with Gasteiger partial charge in [-0.05, 0) is 50.3 Å². The summed E-state index contributed by atoms with van der Waals surface area (Å²) in [5.41, 5.74) is 9.94. The monoisotopic (exact) mass is 285 g/mol. The van der Waals surface area contributed by atoms with E-state index in [1.165, 1.54) is 5.56 Å². The van der Waals surface area contributed by atoms with Crippen molar-refractivity contribution in [1.82, 2.24) is 9.78 Å². The van der Waals surface area contributed by atoms with Gasteiger partial charge in [-0.2, -0.15) is 5.10 Å². The molecule has 1 aromatic carbocycles. The van der Waals surface area contributed by atoms with E-state index in [1.54, 1.807) is 0 Å². The fraction of sp³-hybridized carbons (Fsp3) is 0.471. The molecular formula is C17H23N3O. The molecular weight excluding hydrogens is 262 g/mol. The highest BCUT2D eigenvalue weighted by Gasteiger charge is 2.25. The summed E-state index contributed by atoms with van der Waals surface area (Å²) in [7, 11) is 0. The first-order valence-electron chi connectivity index (χ1n) is 7.70. The van der Waals surface area contributed by atoms with Gasteiger partial charge in [0, 0.05) is 12.6 Å². The van der Waals surface area contributed by atoms with Gasteiger partial charge in [-0.3, -0.25) is 4.68 Å². The van der Waals surface area contributed by atoms with E-state index in [2.05, 4.69) is 30.2 Å². The van der Waals surface area contributed by atoms with Crippen molar-refractivity contribution < 1.29 is 4.74 Å². The fourth-order valence-electron chi connectivity index (χ4n) is 3.21. The Hall–Kier alpha value is -1.81. The minimum absolute atomic E-state index is 0.0160. The number of nitrogens with zero attached hydrogens (tertiary/aromatic N) is 2. The minimum atomic E-state index is 0.0160. The summed E-state index contributed by atoms with van der Waals surface area (Å²) in [6.45, 7) is 5.76. The summed E-state index contributed by atoms with van der Waals surface area (Å²) in [4.78, 5) is 0. The Bertz CT molecular complexity index is 620. The van der Waals surface area contributed by atoms with Crippen molar-refractivity contribution in [3.05, 3.63) is 47.3 Å². The Kier molecular flexibility index (Phi) is 3.97. The van der Waals surface area contributed by atoms with Gasteiger partial charge in [0.1, 0.15) is 5.75 Å². The Labute approximate surface area is 125 Å². The summed E-state index contributed by atoms with van der Waals surface area (Å²) < 4.78 is 7.75. The maximum Gasteiger partial charge on any atom is 0.122 e. The van der Waals surface area contributed by atoms with Gasteiger partial charge in [0.15, 0.2) is 0 Å². The molecule has 0 aliphatic carbocycles. The SMILES string of the molecule is CCn1nc(C)cc1C(N)CC1CCOc2ccccc21. The third-order valence-electron chi connectivity index (χ3n) is 4.23. The summed E-state index contributed by atoms with van der Waals surface area (Å²) in [5, 5.41) is 4.50. The largest absolute Gasteiger partial charge is 0.493 e. The molecule has 0 fully saturated rings. The number of benzene rings is 1. The lowest BCUT2D eigenvalue weighted by atomic mass is 9.87. The number of ether oxygens (including phenoxy) is 1. The van der Waals surface area contributed by atoms with Gasteiger partial charge in [-0.15, -0.1) is 0 Å². The van der Waals surface area contributed by atoms with Crippen LogP contribution in [0.25, 0.3) is 0 Å². The number of para-hydroxylation sites is 1. The first kappa shape index (κ1) is 14.1. The van der Waals surface area contributed by atoms with Crippen molar-refractivity contribution in [3.63, 3.8) is 0 Å². The maximum atomic E-state index is 6.47. The number of hydrogen-bond donors (Lipinski definition) is 1. The lowest BCUT2D eigenvalue weighted by molar-refractivity contribution is 0.258. The molecule has 2 atom stereocenters. The van der Waals surface area contributed by atoms with Crippen LogP contribution < -0.4 is 10.5 Å². The third kappa shape index (κ3) is 2.81. The normalized spacial score (nSPS) is 18.9. The van der Waals surface area contributed by atoms with E-state index in [-0.39, 0.29) is 6.04 Å². The van der Waals surface area contributed by atoms with Gasteiger partial charge in [0.05, 0.1) is 18.0 Å². The topological polar surface area (TPSA) is 53.1 Å². The number of fused-ring (bicyclic) bond motifs is 1. The molecule has 2 N–H and O–H groups in total. The fourth-order valence-corrected chi connectivity index (χ4v) is 3.21. The van der Waals surface area contributed by atoms with Gasteiger partial charge in [0.2, 0.25) is 0 Å². The highest BCUT2D eigenvalue weighted by molar-refractivity contribution is 5.38. The first-order chi connectivity index (χ1) is 10.2. The van der Waals surface area contributed by atoms with Gasteiger partial charge in [-0.25, -0.2) is 0 Å². The average Bonchev–Trinajstić information content (AvgIpc) is 2.89. The standard InChI is InChI=1S/C17H23N3O/c1-3-20-16(10-12(2)19-20)15(18)11-13-8-9-21-17-7-5-4-6-14(13)17/h4-7,10,13,15H,3,8-9,11,18H2,1-2H3. The van der Waals surface area contributed by atoms with Crippen LogP contribution in [0.1, 0.15) is 48.7 Å². The van der Waals surface area contributed by atoms with Gasteiger partial charge in [0.25, 0.3) is 0 Å². The molecule has 2 aromatic rings. The molecule has 1 aromatic heterocycles. The van der Waals surface area contributed by atoms with Crippen molar-refractivity contribution in [3.8, 4) is 5.75 Å². The van der Waals surface area contributed by atoms with Crippen LogP contribution in [0.15, 0.2) is 30.3 Å². The maximum absolute atomic E-state index is 6.47. The molecule has 0 bridgehead atoms. The predicted octanol–water partition coefficient (Wildman–Crippen LogP) is 3.17. The molecule has 1 aliphatic heterocycles. The lowest BCUT2D eigenvalue weighted by Crippen LogP contribution is -2.22. The van der Waals surface area contributed by atoms with Crippen LogP contribution in [0.4, 0.5) is 0 Å². The van der Waals surface area contributed by atoms with E-state index >= 15 is 0 Å². The number of rotatable bonds is 4. The van der Waals surface area contributed by atoms with E-state index in [0.29, 0.717) is 5.92 Å².